The molecule has 1 fully saturated rings. The Bertz CT molecular complexity index is 452. The summed E-state index contributed by atoms with van der Waals surface area (Å²) in [6.45, 7) is 8.43. The Labute approximate surface area is 127 Å². The second-order valence-corrected chi connectivity index (χ2v) is 5.95. The van der Waals surface area contributed by atoms with Crippen LogP contribution in [0.15, 0.2) is 18.2 Å². The van der Waals surface area contributed by atoms with E-state index in [1.165, 1.54) is 20.0 Å². The van der Waals surface area contributed by atoms with Crippen LogP contribution in [-0.2, 0) is 6.54 Å². The Balaban J connectivity index is 1.94. The second kappa shape index (κ2) is 7.76. The minimum Gasteiger partial charge on any atom is -0.494 e. The second-order valence-electron chi connectivity index (χ2n) is 5.95. The summed E-state index contributed by atoms with van der Waals surface area (Å²) in [6, 6.07) is 5.81. The molecule has 1 heterocycles. The van der Waals surface area contributed by atoms with E-state index in [0.717, 1.165) is 31.7 Å². The zero-order chi connectivity index (χ0) is 15.2. The van der Waals surface area contributed by atoms with E-state index in [1.807, 2.05) is 6.07 Å². The van der Waals surface area contributed by atoms with E-state index in [-0.39, 0.29) is 5.82 Å². The smallest absolute Gasteiger partial charge is 0.165 e. The average Bonchev–Trinajstić information content (AvgIpc) is 2.48. The molecule has 1 aliphatic heterocycles. The van der Waals surface area contributed by atoms with Gasteiger partial charge in [0.05, 0.1) is 7.11 Å². The highest BCUT2D eigenvalue weighted by molar-refractivity contribution is 5.29. The predicted molar refractivity (Wildman–Crippen MR) is 84.1 cm³/mol. The molecule has 0 aliphatic carbocycles. The van der Waals surface area contributed by atoms with Gasteiger partial charge >= 0.3 is 0 Å². The van der Waals surface area contributed by atoms with Gasteiger partial charge in [-0.3, -0.25) is 4.90 Å². The van der Waals surface area contributed by atoms with Crippen LogP contribution in [0.1, 0.15) is 32.3 Å². The van der Waals surface area contributed by atoms with E-state index in [0.29, 0.717) is 17.7 Å². The zero-order valence-electron chi connectivity index (χ0n) is 13.4. The molecule has 1 aromatic rings. The maximum atomic E-state index is 13.8. The molecule has 1 N–H and O–H groups in total. The molecule has 2 rings (SSSR count). The average molecular weight is 294 g/mol. The summed E-state index contributed by atoms with van der Waals surface area (Å²) < 4.78 is 18.7. The number of piperidine rings is 1. The van der Waals surface area contributed by atoms with Crippen molar-refractivity contribution in [1.82, 2.24) is 10.2 Å². The summed E-state index contributed by atoms with van der Waals surface area (Å²) in [5, 5.41) is 3.52. The maximum absolute atomic E-state index is 13.8. The summed E-state index contributed by atoms with van der Waals surface area (Å²) >= 11 is 0. The summed E-state index contributed by atoms with van der Waals surface area (Å²) in [7, 11) is 1.50. The number of nitrogens with one attached hydrogen (secondary N) is 1. The van der Waals surface area contributed by atoms with Crippen LogP contribution in [0.5, 0.6) is 5.75 Å². The Hall–Kier alpha value is -1.13. The van der Waals surface area contributed by atoms with Crippen molar-refractivity contribution in [2.75, 3.05) is 26.7 Å². The van der Waals surface area contributed by atoms with Gasteiger partial charge in [-0.25, -0.2) is 4.39 Å². The molecule has 0 aromatic heterocycles. The van der Waals surface area contributed by atoms with Crippen molar-refractivity contribution < 1.29 is 9.13 Å². The minimum atomic E-state index is -0.274. The first-order valence-electron chi connectivity index (χ1n) is 7.92. The lowest BCUT2D eigenvalue weighted by molar-refractivity contribution is 0.145. The molecule has 1 aliphatic rings. The Morgan fingerprint density at radius 3 is 2.95 bits per heavy atom. The molecule has 2 atom stereocenters. The first-order valence-corrected chi connectivity index (χ1v) is 7.92. The lowest BCUT2D eigenvalue weighted by atomic mass is 9.91. The van der Waals surface area contributed by atoms with Gasteiger partial charge in [-0.1, -0.05) is 13.0 Å². The van der Waals surface area contributed by atoms with Crippen molar-refractivity contribution in [3.8, 4) is 5.75 Å². The van der Waals surface area contributed by atoms with Gasteiger partial charge in [-0.2, -0.15) is 0 Å². The molecule has 0 spiro atoms. The van der Waals surface area contributed by atoms with Gasteiger partial charge in [-0.15, -0.1) is 0 Å². The number of nitrogens with zero attached hydrogens (tertiary/aromatic N) is 1. The lowest BCUT2D eigenvalue weighted by Gasteiger charge is -2.36. The standard InChI is InChI=1S/C17H27FN2O/c1-4-19-13(2)15-6-5-9-20(12-15)11-14-7-8-17(21-3)16(18)10-14/h7-8,10,13,15,19H,4-6,9,11-12H2,1-3H3. The van der Waals surface area contributed by atoms with Crippen LogP contribution < -0.4 is 10.1 Å². The molecular weight excluding hydrogens is 267 g/mol. The van der Waals surface area contributed by atoms with Crippen molar-refractivity contribution in [2.45, 2.75) is 39.3 Å². The SMILES string of the molecule is CCNC(C)C1CCCN(Cc2ccc(OC)c(F)c2)C1. The highest BCUT2D eigenvalue weighted by Gasteiger charge is 2.24. The van der Waals surface area contributed by atoms with Crippen LogP contribution in [0.4, 0.5) is 4.39 Å². The van der Waals surface area contributed by atoms with E-state index in [4.69, 9.17) is 4.74 Å². The van der Waals surface area contributed by atoms with E-state index < -0.39 is 0 Å². The van der Waals surface area contributed by atoms with Crippen molar-refractivity contribution in [1.29, 1.82) is 0 Å². The van der Waals surface area contributed by atoms with Crippen LogP contribution in [0.3, 0.4) is 0 Å². The van der Waals surface area contributed by atoms with Crippen molar-refractivity contribution in [2.24, 2.45) is 5.92 Å². The number of rotatable bonds is 6. The Morgan fingerprint density at radius 2 is 2.29 bits per heavy atom. The number of halogens is 1. The van der Waals surface area contributed by atoms with Crippen LogP contribution >= 0.6 is 0 Å². The number of hydrogen-bond donors (Lipinski definition) is 1. The molecule has 0 bridgehead atoms. The van der Waals surface area contributed by atoms with Gasteiger partial charge in [0.1, 0.15) is 0 Å². The maximum Gasteiger partial charge on any atom is 0.165 e. The summed E-state index contributed by atoms with van der Waals surface area (Å²) in [5.74, 6) is 0.724. The van der Waals surface area contributed by atoms with Crippen LogP contribution in [0.25, 0.3) is 0 Å². The van der Waals surface area contributed by atoms with Crippen molar-refractivity contribution in [3.05, 3.63) is 29.6 Å². The van der Waals surface area contributed by atoms with E-state index in [1.54, 1.807) is 12.1 Å². The Morgan fingerprint density at radius 1 is 1.48 bits per heavy atom. The van der Waals surface area contributed by atoms with Gasteiger partial charge in [-0.05, 0) is 56.5 Å². The first-order chi connectivity index (χ1) is 10.1. The first kappa shape index (κ1) is 16.2. The van der Waals surface area contributed by atoms with Gasteiger partial charge in [0.15, 0.2) is 11.6 Å². The molecular formula is C17H27FN2O. The van der Waals surface area contributed by atoms with Gasteiger partial charge in [0.2, 0.25) is 0 Å². The normalized spacial score (nSPS) is 21.2. The molecule has 21 heavy (non-hydrogen) atoms. The van der Waals surface area contributed by atoms with Crippen molar-refractivity contribution in [3.63, 3.8) is 0 Å². The van der Waals surface area contributed by atoms with Gasteiger partial charge in [0, 0.05) is 19.1 Å². The third kappa shape index (κ3) is 4.42. The molecule has 0 amide bonds. The fourth-order valence-corrected chi connectivity index (χ4v) is 3.20. The highest BCUT2D eigenvalue weighted by atomic mass is 19.1. The van der Waals surface area contributed by atoms with Crippen LogP contribution in [0.2, 0.25) is 0 Å². The highest BCUT2D eigenvalue weighted by Crippen LogP contribution is 2.23. The quantitative estimate of drug-likeness (QED) is 0.873. The number of ether oxygens (including phenoxy) is 1. The van der Waals surface area contributed by atoms with Crippen molar-refractivity contribution >= 4 is 0 Å². The van der Waals surface area contributed by atoms with Gasteiger partial charge in [0.25, 0.3) is 0 Å². The van der Waals surface area contributed by atoms with E-state index >= 15 is 0 Å². The fourth-order valence-electron chi connectivity index (χ4n) is 3.20. The molecule has 118 valence electrons. The molecule has 1 saturated heterocycles. The number of benzene rings is 1. The summed E-state index contributed by atoms with van der Waals surface area (Å²) in [4.78, 5) is 2.43. The molecule has 1 aromatic carbocycles. The lowest BCUT2D eigenvalue weighted by Crippen LogP contribution is -2.44. The predicted octanol–water partition coefficient (Wildman–Crippen LogP) is 3.04. The molecule has 0 radical (unpaired) electrons. The fraction of sp³-hybridized carbons (Fsp3) is 0.647. The van der Waals surface area contributed by atoms with E-state index in [2.05, 4.69) is 24.1 Å². The third-order valence-electron chi connectivity index (χ3n) is 4.40. The summed E-state index contributed by atoms with van der Waals surface area (Å²) in [5.41, 5.74) is 1.02. The molecule has 0 saturated carbocycles. The number of methoxy groups -OCH3 is 1. The molecule has 3 nitrogen and oxygen atoms in total. The van der Waals surface area contributed by atoms with E-state index in [9.17, 15) is 4.39 Å². The Kier molecular flexibility index (Phi) is 6.00. The zero-order valence-corrected chi connectivity index (χ0v) is 13.4. The minimum absolute atomic E-state index is 0.274. The summed E-state index contributed by atoms with van der Waals surface area (Å²) in [6.07, 6.45) is 2.50. The third-order valence-corrected chi connectivity index (χ3v) is 4.40. The topological polar surface area (TPSA) is 24.5 Å². The monoisotopic (exact) mass is 294 g/mol. The molecule has 4 heteroatoms. The molecule has 2 unspecified atom stereocenters. The van der Waals surface area contributed by atoms with Crippen LogP contribution in [0, 0.1) is 11.7 Å². The van der Waals surface area contributed by atoms with Gasteiger partial charge < -0.3 is 10.1 Å². The number of likely N-dealkylation sites (tertiary alicyclic amines) is 1. The van der Waals surface area contributed by atoms with Crippen LogP contribution in [-0.4, -0.2) is 37.7 Å². The largest absolute Gasteiger partial charge is 0.494 e. The number of hydrogen-bond acceptors (Lipinski definition) is 3.